The second-order valence-electron chi connectivity index (χ2n) is 6.40. The molecular formula is C19H19N3O3. The molecule has 6 nitrogen and oxygen atoms in total. The van der Waals surface area contributed by atoms with Gasteiger partial charge in [0.25, 0.3) is 5.89 Å². The summed E-state index contributed by atoms with van der Waals surface area (Å²) in [4.78, 5) is 8.95. The minimum atomic E-state index is 0.487. The number of pyridine rings is 1. The van der Waals surface area contributed by atoms with Gasteiger partial charge < -0.3 is 14.0 Å². The fourth-order valence-electron chi connectivity index (χ4n) is 2.71. The second-order valence-corrected chi connectivity index (χ2v) is 6.40. The molecule has 0 fully saturated rings. The molecule has 0 amide bonds. The molecule has 3 heterocycles. The summed E-state index contributed by atoms with van der Waals surface area (Å²) < 4.78 is 16.5. The van der Waals surface area contributed by atoms with E-state index in [-0.39, 0.29) is 0 Å². The van der Waals surface area contributed by atoms with Gasteiger partial charge in [-0.15, -0.1) is 0 Å². The Bertz CT molecular complexity index is 872. The van der Waals surface area contributed by atoms with Crippen LogP contribution >= 0.6 is 0 Å². The average molecular weight is 337 g/mol. The predicted molar refractivity (Wildman–Crippen MR) is 92.5 cm³/mol. The summed E-state index contributed by atoms with van der Waals surface area (Å²) in [7, 11) is 0. The molecule has 3 aromatic rings. The molecule has 0 spiro atoms. The third-order valence-electron chi connectivity index (χ3n) is 3.91. The molecule has 128 valence electrons. The Morgan fingerprint density at radius 3 is 2.56 bits per heavy atom. The Balaban J connectivity index is 1.56. The molecular weight excluding hydrogens is 318 g/mol. The molecule has 0 saturated carbocycles. The van der Waals surface area contributed by atoms with Gasteiger partial charge >= 0.3 is 0 Å². The maximum absolute atomic E-state index is 5.63. The number of nitrogens with zero attached hydrogens (tertiary/aromatic N) is 3. The van der Waals surface area contributed by atoms with Crippen LogP contribution in [-0.2, 0) is 6.42 Å². The van der Waals surface area contributed by atoms with Gasteiger partial charge in [0.15, 0.2) is 17.3 Å². The normalized spacial score (nSPS) is 13.2. The Morgan fingerprint density at radius 1 is 1.00 bits per heavy atom. The van der Waals surface area contributed by atoms with Crippen molar-refractivity contribution < 1.29 is 14.0 Å². The number of hydrogen-bond acceptors (Lipinski definition) is 6. The SMILES string of the molecule is CC(C)Cc1noc(-c2ccc(-c3ccc4c(c3)OCCO4)nc2)n1. The molecule has 0 atom stereocenters. The summed E-state index contributed by atoms with van der Waals surface area (Å²) in [6, 6.07) is 9.71. The topological polar surface area (TPSA) is 70.3 Å². The zero-order chi connectivity index (χ0) is 17.2. The van der Waals surface area contributed by atoms with Crippen molar-refractivity contribution in [2.24, 2.45) is 5.92 Å². The van der Waals surface area contributed by atoms with Gasteiger partial charge in [-0.05, 0) is 36.2 Å². The van der Waals surface area contributed by atoms with Crippen LogP contribution in [0.2, 0.25) is 0 Å². The van der Waals surface area contributed by atoms with E-state index in [4.69, 9.17) is 14.0 Å². The maximum Gasteiger partial charge on any atom is 0.259 e. The minimum Gasteiger partial charge on any atom is -0.486 e. The van der Waals surface area contributed by atoms with Crippen molar-refractivity contribution >= 4 is 0 Å². The van der Waals surface area contributed by atoms with Crippen LogP contribution < -0.4 is 9.47 Å². The van der Waals surface area contributed by atoms with E-state index in [2.05, 4.69) is 29.0 Å². The Kier molecular flexibility index (Phi) is 4.09. The monoisotopic (exact) mass is 337 g/mol. The standard InChI is InChI=1S/C19H19N3O3/c1-12(2)9-18-21-19(25-22-18)14-3-5-15(20-11-14)13-4-6-16-17(10-13)24-8-7-23-16/h3-6,10-12H,7-9H2,1-2H3. The van der Waals surface area contributed by atoms with Gasteiger partial charge in [-0.2, -0.15) is 4.98 Å². The first-order valence-electron chi connectivity index (χ1n) is 8.38. The molecule has 0 bridgehead atoms. The second kappa shape index (κ2) is 6.55. The molecule has 6 heteroatoms. The number of ether oxygens (including phenoxy) is 2. The summed E-state index contributed by atoms with van der Waals surface area (Å²) in [5, 5.41) is 4.02. The number of aromatic nitrogens is 3. The van der Waals surface area contributed by atoms with Crippen LogP contribution in [-0.4, -0.2) is 28.3 Å². The molecule has 1 aliphatic heterocycles. The van der Waals surface area contributed by atoms with E-state index >= 15 is 0 Å². The molecule has 25 heavy (non-hydrogen) atoms. The van der Waals surface area contributed by atoms with E-state index in [0.29, 0.717) is 25.0 Å². The molecule has 4 rings (SSSR count). The molecule has 1 aliphatic rings. The molecule has 0 aliphatic carbocycles. The van der Waals surface area contributed by atoms with Crippen LogP contribution in [0.4, 0.5) is 0 Å². The largest absolute Gasteiger partial charge is 0.486 e. The highest BCUT2D eigenvalue weighted by Crippen LogP contribution is 2.34. The van der Waals surface area contributed by atoms with E-state index in [1.807, 2.05) is 30.3 Å². The molecule has 2 aromatic heterocycles. The van der Waals surface area contributed by atoms with Gasteiger partial charge in [0, 0.05) is 18.2 Å². The lowest BCUT2D eigenvalue weighted by atomic mass is 10.1. The van der Waals surface area contributed by atoms with Crippen LogP contribution in [0.5, 0.6) is 11.5 Å². The van der Waals surface area contributed by atoms with Crippen molar-refractivity contribution in [3.8, 4) is 34.2 Å². The van der Waals surface area contributed by atoms with Gasteiger partial charge in [0.1, 0.15) is 13.2 Å². The summed E-state index contributed by atoms with van der Waals surface area (Å²) >= 11 is 0. The van der Waals surface area contributed by atoms with E-state index in [9.17, 15) is 0 Å². The van der Waals surface area contributed by atoms with Gasteiger partial charge in [0.2, 0.25) is 0 Å². The van der Waals surface area contributed by atoms with Crippen molar-refractivity contribution in [2.75, 3.05) is 13.2 Å². The van der Waals surface area contributed by atoms with Gasteiger partial charge in [-0.3, -0.25) is 4.98 Å². The first-order chi connectivity index (χ1) is 12.2. The lowest BCUT2D eigenvalue weighted by molar-refractivity contribution is 0.171. The molecule has 0 unspecified atom stereocenters. The maximum atomic E-state index is 5.63. The van der Waals surface area contributed by atoms with Crippen molar-refractivity contribution in [1.29, 1.82) is 0 Å². The lowest BCUT2D eigenvalue weighted by Gasteiger charge is -2.18. The van der Waals surface area contributed by atoms with Crippen LogP contribution in [0, 0.1) is 5.92 Å². The number of rotatable bonds is 4. The molecule has 0 saturated heterocycles. The summed E-state index contributed by atoms with van der Waals surface area (Å²) in [5.41, 5.74) is 2.63. The quantitative estimate of drug-likeness (QED) is 0.722. The minimum absolute atomic E-state index is 0.487. The van der Waals surface area contributed by atoms with Crippen molar-refractivity contribution in [1.82, 2.24) is 15.1 Å². The van der Waals surface area contributed by atoms with E-state index < -0.39 is 0 Å². The van der Waals surface area contributed by atoms with Gasteiger partial charge in [0.05, 0.1) is 11.3 Å². The Morgan fingerprint density at radius 2 is 1.80 bits per heavy atom. The van der Waals surface area contributed by atoms with Crippen LogP contribution in [0.3, 0.4) is 0 Å². The number of hydrogen-bond donors (Lipinski definition) is 0. The third kappa shape index (κ3) is 3.33. The van der Waals surface area contributed by atoms with Crippen molar-refractivity contribution in [3.05, 3.63) is 42.4 Å². The lowest BCUT2D eigenvalue weighted by Crippen LogP contribution is -2.15. The van der Waals surface area contributed by atoms with E-state index in [1.165, 1.54) is 0 Å². The van der Waals surface area contributed by atoms with Gasteiger partial charge in [-0.1, -0.05) is 19.0 Å². The van der Waals surface area contributed by atoms with E-state index in [0.717, 1.165) is 40.6 Å². The smallest absolute Gasteiger partial charge is 0.259 e. The van der Waals surface area contributed by atoms with Crippen molar-refractivity contribution in [2.45, 2.75) is 20.3 Å². The van der Waals surface area contributed by atoms with E-state index in [1.54, 1.807) is 6.20 Å². The first-order valence-corrected chi connectivity index (χ1v) is 8.38. The highest BCUT2D eigenvalue weighted by Gasteiger charge is 2.14. The van der Waals surface area contributed by atoms with Gasteiger partial charge in [-0.25, -0.2) is 0 Å². The highest BCUT2D eigenvalue weighted by molar-refractivity contribution is 5.66. The molecule has 1 aromatic carbocycles. The molecule has 0 N–H and O–H groups in total. The number of fused-ring (bicyclic) bond motifs is 1. The third-order valence-corrected chi connectivity index (χ3v) is 3.91. The first kappa shape index (κ1) is 15.6. The predicted octanol–water partition coefficient (Wildman–Crippen LogP) is 3.77. The summed E-state index contributed by atoms with van der Waals surface area (Å²) in [5.74, 6) is 3.24. The fraction of sp³-hybridized carbons (Fsp3) is 0.316. The average Bonchev–Trinajstić information content (AvgIpc) is 3.09. The number of benzene rings is 1. The zero-order valence-electron chi connectivity index (χ0n) is 14.2. The zero-order valence-corrected chi connectivity index (χ0v) is 14.2. The highest BCUT2D eigenvalue weighted by atomic mass is 16.6. The van der Waals surface area contributed by atoms with Crippen LogP contribution in [0.25, 0.3) is 22.7 Å². The van der Waals surface area contributed by atoms with Crippen molar-refractivity contribution in [3.63, 3.8) is 0 Å². The fourth-order valence-corrected chi connectivity index (χ4v) is 2.71. The van der Waals surface area contributed by atoms with Crippen LogP contribution in [0.15, 0.2) is 41.1 Å². The molecule has 0 radical (unpaired) electrons. The Labute approximate surface area is 145 Å². The Hall–Kier alpha value is -2.89. The summed E-state index contributed by atoms with van der Waals surface area (Å²) in [6.45, 7) is 5.40. The van der Waals surface area contributed by atoms with Crippen LogP contribution in [0.1, 0.15) is 19.7 Å². The summed E-state index contributed by atoms with van der Waals surface area (Å²) in [6.07, 6.45) is 2.55.